The van der Waals surface area contributed by atoms with Gasteiger partial charge in [-0.05, 0) is 25.1 Å². The molecule has 0 unspecified atom stereocenters. The summed E-state index contributed by atoms with van der Waals surface area (Å²) in [6, 6.07) is 2.75. The third-order valence-corrected chi connectivity index (χ3v) is 2.31. The second kappa shape index (κ2) is 5.63. The number of carbonyl (C=O) groups is 2. The highest BCUT2D eigenvalue weighted by Crippen LogP contribution is 2.14. The monoisotopic (exact) mass is 259 g/mol. The summed E-state index contributed by atoms with van der Waals surface area (Å²) in [5.74, 6) is -2.03. The standard InChI is InChI=1S/C11H11ClFNO3/c1-6(11(16)17-2)14-10(15)8-5-7(12)3-4-9(8)13/h3-6H,1-2H3,(H,14,15)/t6-/m0/s1. The molecule has 0 aromatic heterocycles. The molecule has 1 N–H and O–H groups in total. The van der Waals surface area contributed by atoms with Crippen molar-refractivity contribution in [3.8, 4) is 0 Å². The molecule has 0 heterocycles. The molecule has 0 saturated heterocycles. The van der Waals surface area contributed by atoms with Crippen molar-refractivity contribution in [1.82, 2.24) is 5.32 Å². The maximum Gasteiger partial charge on any atom is 0.328 e. The summed E-state index contributed by atoms with van der Waals surface area (Å²) in [7, 11) is 1.20. The van der Waals surface area contributed by atoms with E-state index in [4.69, 9.17) is 11.6 Å². The van der Waals surface area contributed by atoms with Crippen molar-refractivity contribution in [1.29, 1.82) is 0 Å². The number of ether oxygens (including phenoxy) is 1. The van der Waals surface area contributed by atoms with Crippen LogP contribution in [0.15, 0.2) is 18.2 Å². The van der Waals surface area contributed by atoms with Gasteiger partial charge in [0.05, 0.1) is 12.7 Å². The van der Waals surface area contributed by atoms with Crippen LogP contribution in [0.5, 0.6) is 0 Å². The number of nitrogens with one attached hydrogen (secondary N) is 1. The minimum atomic E-state index is -0.856. The number of hydrogen-bond donors (Lipinski definition) is 1. The minimum absolute atomic E-state index is 0.215. The van der Waals surface area contributed by atoms with Gasteiger partial charge in [0, 0.05) is 5.02 Å². The fraction of sp³-hybridized carbons (Fsp3) is 0.273. The highest BCUT2D eigenvalue weighted by atomic mass is 35.5. The Labute approximate surface area is 103 Å². The van der Waals surface area contributed by atoms with Gasteiger partial charge in [0.2, 0.25) is 0 Å². The average molecular weight is 260 g/mol. The van der Waals surface area contributed by atoms with Gasteiger partial charge < -0.3 is 10.1 Å². The van der Waals surface area contributed by atoms with Crippen molar-refractivity contribution in [3.05, 3.63) is 34.6 Å². The summed E-state index contributed by atoms with van der Waals surface area (Å²) >= 11 is 5.65. The van der Waals surface area contributed by atoms with Crippen LogP contribution in [0.4, 0.5) is 4.39 Å². The zero-order valence-electron chi connectivity index (χ0n) is 9.29. The van der Waals surface area contributed by atoms with Crippen LogP contribution in [-0.4, -0.2) is 25.0 Å². The Morgan fingerprint density at radius 2 is 2.12 bits per heavy atom. The molecule has 1 aromatic rings. The van der Waals surface area contributed by atoms with Gasteiger partial charge in [-0.1, -0.05) is 11.6 Å². The number of methoxy groups -OCH3 is 1. The van der Waals surface area contributed by atoms with E-state index in [2.05, 4.69) is 10.1 Å². The fourth-order valence-electron chi connectivity index (χ4n) is 1.18. The lowest BCUT2D eigenvalue weighted by Gasteiger charge is -2.11. The number of carbonyl (C=O) groups excluding carboxylic acids is 2. The summed E-state index contributed by atoms with van der Waals surface area (Å²) in [6.07, 6.45) is 0. The van der Waals surface area contributed by atoms with Gasteiger partial charge >= 0.3 is 5.97 Å². The predicted molar refractivity (Wildman–Crippen MR) is 60.4 cm³/mol. The quantitative estimate of drug-likeness (QED) is 0.842. The average Bonchev–Trinajstić information content (AvgIpc) is 2.30. The number of rotatable bonds is 3. The third kappa shape index (κ3) is 3.42. The SMILES string of the molecule is COC(=O)[C@H](C)NC(=O)c1cc(Cl)ccc1F. The number of amides is 1. The second-order valence-electron chi connectivity index (χ2n) is 3.34. The van der Waals surface area contributed by atoms with E-state index in [1.54, 1.807) is 0 Å². The molecule has 0 radical (unpaired) electrons. The Kier molecular flexibility index (Phi) is 4.45. The first kappa shape index (κ1) is 13.4. The Hall–Kier alpha value is -1.62. The molecule has 17 heavy (non-hydrogen) atoms. The van der Waals surface area contributed by atoms with Gasteiger partial charge in [-0.15, -0.1) is 0 Å². The Balaban J connectivity index is 2.83. The van der Waals surface area contributed by atoms with E-state index < -0.39 is 23.7 Å². The lowest BCUT2D eigenvalue weighted by atomic mass is 10.2. The first-order valence-electron chi connectivity index (χ1n) is 4.79. The first-order chi connectivity index (χ1) is 7.95. The smallest absolute Gasteiger partial charge is 0.328 e. The van der Waals surface area contributed by atoms with Crippen molar-refractivity contribution >= 4 is 23.5 Å². The predicted octanol–water partition coefficient (Wildman–Crippen LogP) is 1.77. The van der Waals surface area contributed by atoms with Crippen LogP contribution in [-0.2, 0) is 9.53 Å². The molecular weight excluding hydrogens is 249 g/mol. The van der Waals surface area contributed by atoms with Gasteiger partial charge in [-0.25, -0.2) is 9.18 Å². The number of benzene rings is 1. The molecule has 0 aliphatic carbocycles. The maximum atomic E-state index is 13.3. The Morgan fingerprint density at radius 3 is 2.71 bits per heavy atom. The van der Waals surface area contributed by atoms with Gasteiger partial charge in [0.25, 0.3) is 5.91 Å². The number of esters is 1. The van der Waals surface area contributed by atoms with E-state index in [-0.39, 0.29) is 10.6 Å². The summed E-state index contributed by atoms with van der Waals surface area (Å²) in [4.78, 5) is 22.7. The highest BCUT2D eigenvalue weighted by Gasteiger charge is 2.19. The van der Waals surface area contributed by atoms with E-state index in [0.29, 0.717) is 0 Å². The van der Waals surface area contributed by atoms with Crippen LogP contribution in [0.25, 0.3) is 0 Å². The van der Waals surface area contributed by atoms with Crippen molar-refractivity contribution < 1.29 is 18.7 Å². The van der Waals surface area contributed by atoms with E-state index in [9.17, 15) is 14.0 Å². The van der Waals surface area contributed by atoms with E-state index in [1.807, 2.05) is 0 Å². The van der Waals surface area contributed by atoms with Crippen LogP contribution in [0, 0.1) is 5.82 Å². The molecular formula is C11H11ClFNO3. The van der Waals surface area contributed by atoms with Crippen LogP contribution in [0.3, 0.4) is 0 Å². The molecule has 0 fully saturated rings. The summed E-state index contributed by atoms with van der Waals surface area (Å²) < 4.78 is 17.7. The molecule has 6 heteroatoms. The van der Waals surface area contributed by atoms with E-state index >= 15 is 0 Å². The van der Waals surface area contributed by atoms with E-state index in [1.165, 1.54) is 26.2 Å². The van der Waals surface area contributed by atoms with Gasteiger partial charge in [0.1, 0.15) is 11.9 Å². The van der Waals surface area contributed by atoms with Crippen molar-refractivity contribution in [3.63, 3.8) is 0 Å². The largest absolute Gasteiger partial charge is 0.467 e. The Morgan fingerprint density at radius 1 is 1.47 bits per heavy atom. The molecule has 1 rings (SSSR count). The van der Waals surface area contributed by atoms with Gasteiger partial charge in [-0.3, -0.25) is 4.79 Å². The summed E-state index contributed by atoms with van der Waals surface area (Å²) in [5, 5.41) is 2.54. The molecule has 1 aromatic carbocycles. The fourth-order valence-corrected chi connectivity index (χ4v) is 1.35. The lowest BCUT2D eigenvalue weighted by molar-refractivity contribution is -0.142. The molecule has 0 saturated carbocycles. The molecule has 1 atom stereocenters. The van der Waals surface area contributed by atoms with Crippen LogP contribution >= 0.6 is 11.6 Å². The van der Waals surface area contributed by atoms with Gasteiger partial charge in [-0.2, -0.15) is 0 Å². The second-order valence-corrected chi connectivity index (χ2v) is 3.78. The maximum absolute atomic E-state index is 13.3. The topological polar surface area (TPSA) is 55.4 Å². The highest BCUT2D eigenvalue weighted by molar-refractivity contribution is 6.31. The number of hydrogen-bond acceptors (Lipinski definition) is 3. The van der Waals surface area contributed by atoms with Crippen LogP contribution in [0.2, 0.25) is 5.02 Å². The first-order valence-corrected chi connectivity index (χ1v) is 5.17. The summed E-state index contributed by atoms with van der Waals surface area (Å²) in [5.41, 5.74) is -0.215. The molecule has 1 amide bonds. The van der Waals surface area contributed by atoms with Crippen LogP contribution in [0.1, 0.15) is 17.3 Å². The molecule has 0 aliphatic rings. The molecule has 0 spiro atoms. The summed E-state index contributed by atoms with van der Waals surface area (Å²) in [6.45, 7) is 1.44. The van der Waals surface area contributed by atoms with E-state index in [0.717, 1.165) is 6.07 Å². The Bertz CT molecular complexity index is 450. The normalized spacial score (nSPS) is 11.8. The molecule has 0 aliphatic heterocycles. The zero-order chi connectivity index (χ0) is 13.0. The third-order valence-electron chi connectivity index (χ3n) is 2.08. The minimum Gasteiger partial charge on any atom is -0.467 e. The molecule has 4 nitrogen and oxygen atoms in total. The zero-order valence-corrected chi connectivity index (χ0v) is 10.0. The molecule has 0 bridgehead atoms. The number of halogens is 2. The van der Waals surface area contributed by atoms with Crippen molar-refractivity contribution in [2.45, 2.75) is 13.0 Å². The van der Waals surface area contributed by atoms with Crippen LogP contribution < -0.4 is 5.32 Å². The van der Waals surface area contributed by atoms with Gasteiger partial charge in [0.15, 0.2) is 0 Å². The molecule has 92 valence electrons. The lowest BCUT2D eigenvalue weighted by Crippen LogP contribution is -2.39. The van der Waals surface area contributed by atoms with Crippen molar-refractivity contribution in [2.75, 3.05) is 7.11 Å². The van der Waals surface area contributed by atoms with Crippen molar-refractivity contribution in [2.24, 2.45) is 0 Å².